The van der Waals surface area contributed by atoms with Gasteiger partial charge in [-0.05, 0) is 18.2 Å². The Balaban J connectivity index is 3.08. The van der Waals surface area contributed by atoms with Crippen LogP contribution in [0.1, 0.15) is 10.4 Å². The van der Waals surface area contributed by atoms with Crippen molar-refractivity contribution >= 4 is 17.4 Å². The number of hydrogen-bond acceptors (Lipinski definition) is 1. The molecule has 0 spiro atoms. The van der Waals surface area contributed by atoms with Gasteiger partial charge < -0.3 is 0 Å². The molecule has 1 rings (SSSR count). The Labute approximate surface area is 77.1 Å². The van der Waals surface area contributed by atoms with Gasteiger partial charge in [0.25, 0.3) is 0 Å². The normalized spacial score (nSPS) is 10.5. The SMILES string of the molecule is O=C(c1cc(F)cc(Cl)c1)C(F)F. The summed E-state index contributed by atoms with van der Waals surface area (Å²) in [5.41, 5.74) is -0.417. The summed E-state index contributed by atoms with van der Waals surface area (Å²) in [4.78, 5) is 10.7. The summed E-state index contributed by atoms with van der Waals surface area (Å²) >= 11 is 5.36. The van der Waals surface area contributed by atoms with E-state index in [1.807, 2.05) is 0 Å². The summed E-state index contributed by atoms with van der Waals surface area (Å²) in [5.74, 6) is -2.24. The van der Waals surface area contributed by atoms with Crippen LogP contribution in [0.15, 0.2) is 18.2 Å². The highest BCUT2D eigenvalue weighted by atomic mass is 35.5. The predicted molar refractivity (Wildman–Crippen MR) is 41.7 cm³/mol. The topological polar surface area (TPSA) is 17.1 Å². The molecule has 0 saturated carbocycles. The van der Waals surface area contributed by atoms with Crippen molar-refractivity contribution in [2.24, 2.45) is 0 Å². The number of hydrogen-bond donors (Lipinski definition) is 0. The van der Waals surface area contributed by atoms with E-state index in [9.17, 15) is 18.0 Å². The van der Waals surface area contributed by atoms with Gasteiger partial charge in [0.05, 0.1) is 0 Å². The molecule has 5 heteroatoms. The van der Waals surface area contributed by atoms with Gasteiger partial charge in [-0.3, -0.25) is 4.79 Å². The number of rotatable bonds is 2. The highest BCUT2D eigenvalue weighted by Gasteiger charge is 2.18. The lowest BCUT2D eigenvalue weighted by atomic mass is 10.1. The van der Waals surface area contributed by atoms with E-state index in [1.165, 1.54) is 0 Å². The average Bonchev–Trinajstić information content (AvgIpc) is 2.01. The fraction of sp³-hybridized carbons (Fsp3) is 0.125. The lowest BCUT2D eigenvalue weighted by Gasteiger charge is -2.00. The number of benzene rings is 1. The number of ketones is 1. The third-order valence-corrected chi connectivity index (χ3v) is 1.56. The van der Waals surface area contributed by atoms with Crippen LogP contribution in [0.5, 0.6) is 0 Å². The minimum atomic E-state index is -3.14. The smallest absolute Gasteiger partial charge is 0.288 e. The molecule has 1 aromatic carbocycles. The molecular weight excluding hydrogens is 205 g/mol. The van der Waals surface area contributed by atoms with E-state index in [-0.39, 0.29) is 5.02 Å². The summed E-state index contributed by atoms with van der Waals surface area (Å²) in [6, 6.07) is 2.66. The van der Waals surface area contributed by atoms with Gasteiger partial charge >= 0.3 is 6.43 Å². The lowest BCUT2D eigenvalue weighted by Crippen LogP contribution is -2.10. The number of Topliss-reactive ketones (excluding diaryl/α,β-unsaturated/α-hetero) is 1. The molecule has 0 bridgehead atoms. The Bertz CT molecular complexity index is 318. The van der Waals surface area contributed by atoms with E-state index in [0.29, 0.717) is 0 Å². The van der Waals surface area contributed by atoms with Gasteiger partial charge in [-0.25, -0.2) is 13.2 Å². The highest BCUT2D eigenvalue weighted by Crippen LogP contribution is 2.16. The Morgan fingerprint density at radius 2 is 1.92 bits per heavy atom. The van der Waals surface area contributed by atoms with Crippen LogP contribution in [0, 0.1) is 5.82 Å². The molecule has 0 aliphatic carbocycles. The van der Waals surface area contributed by atoms with Crippen molar-refractivity contribution in [2.75, 3.05) is 0 Å². The first-order chi connectivity index (χ1) is 6.00. The van der Waals surface area contributed by atoms with Crippen LogP contribution in [-0.2, 0) is 0 Å². The highest BCUT2D eigenvalue weighted by molar-refractivity contribution is 6.31. The van der Waals surface area contributed by atoms with Crippen LogP contribution < -0.4 is 0 Å². The zero-order chi connectivity index (χ0) is 10.0. The number of carbonyl (C=O) groups excluding carboxylic acids is 1. The molecule has 70 valence electrons. The third kappa shape index (κ3) is 2.45. The largest absolute Gasteiger partial charge is 0.300 e. The molecule has 1 nitrogen and oxygen atoms in total. The van der Waals surface area contributed by atoms with Gasteiger partial charge in [-0.1, -0.05) is 11.6 Å². The average molecular weight is 209 g/mol. The van der Waals surface area contributed by atoms with Crippen LogP contribution in [-0.4, -0.2) is 12.2 Å². The molecule has 0 aliphatic heterocycles. The molecule has 1 aromatic rings. The second-order valence-corrected chi connectivity index (χ2v) is 2.76. The zero-order valence-corrected chi connectivity index (χ0v) is 6.99. The minimum absolute atomic E-state index is 0.0796. The molecule has 0 fully saturated rings. The number of carbonyl (C=O) groups is 1. The number of halogens is 4. The van der Waals surface area contributed by atoms with Gasteiger partial charge in [0, 0.05) is 10.6 Å². The van der Waals surface area contributed by atoms with E-state index in [1.54, 1.807) is 0 Å². The van der Waals surface area contributed by atoms with Crippen molar-refractivity contribution in [2.45, 2.75) is 6.43 Å². The Morgan fingerprint density at radius 1 is 1.31 bits per heavy atom. The first kappa shape index (κ1) is 10.1. The second-order valence-electron chi connectivity index (χ2n) is 2.32. The molecule has 0 aromatic heterocycles. The van der Waals surface area contributed by atoms with Crippen molar-refractivity contribution < 1.29 is 18.0 Å². The van der Waals surface area contributed by atoms with E-state index in [0.717, 1.165) is 18.2 Å². The Kier molecular flexibility index (Phi) is 2.93. The van der Waals surface area contributed by atoms with E-state index in [2.05, 4.69) is 0 Å². The summed E-state index contributed by atoms with van der Waals surface area (Å²) in [6.07, 6.45) is -3.14. The molecule has 0 aliphatic rings. The van der Waals surface area contributed by atoms with Crippen LogP contribution in [0.3, 0.4) is 0 Å². The summed E-state index contributed by atoms with van der Waals surface area (Å²) in [6.45, 7) is 0. The van der Waals surface area contributed by atoms with Gasteiger partial charge in [0.15, 0.2) is 0 Å². The van der Waals surface area contributed by atoms with E-state index >= 15 is 0 Å². The maximum absolute atomic E-state index is 12.6. The maximum Gasteiger partial charge on any atom is 0.300 e. The van der Waals surface area contributed by atoms with Crippen molar-refractivity contribution in [3.63, 3.8) is 0 Å². The van der Waals surface area contributed by atoms with Gasteiger partial charge in [-0.2, -0.15) is 0 Å². The molecular formula is C8H4ClF3O. The first-order valence-electron chi connectivity index (χ1n) is 3.29. The quantitative estimate of drug-likeness (QED) is 0.683. The molecule has 0 N–H and O–H groups in total. The molecule has 0 heterocycles. The summed E-state index contributed by atoms with van der Waals surface area (Å²) < 4.78 is 36.3. The van der Waals surface area contributed by atoms with Crippen LogP contribution in [0.25, 0.3) is 0 Å². The Hall–Kier alpha value is -1.03. The summed E-state index contributed by atoms with van der Waals surface area (Å²) in [7, 11) is 0. The minimum Gasteiger partial charge on any atom is -0.288 e. The van der Waals surface area contributed by atoms with E-state index in [4.69, 9.17) is 11.6 Å². The van der Waals surface area contributed by atoms with Crippen molar-refractivity contribution in [3.05, 3.63) is 34.6 Å². The maximum atomic E-state index is 12.6. The fourth-order valence-corrected chi connectivity index (χ4v) is 1.04. The molecule has 0 atom stereocenters. The lowest BCUT2D eigenvalue weighted by molar-refractivity contribution is 0.0678. The molecule has 0 unspecified atom stereocenters. The molecule has 0 radical (unpaired) electrons. The monoisotopic (exact) mass is 208 g/mol. The van der Waals surface area contributed by atoms with Crippen molar-refractivity contribution in [1.82, 2.24) is 0 Å². The molecule has 0 saturated heterocycles. The van der Waals surface area contributed by atoms with Crippen LogP contribution in [0.2, 0.25) is 5.02 Å². The van der Waals surface area contributed by atoms with Crippen LogP contribution >= 0.6 is 11.6 Å². The van der Waals surface area contributed by atoms with Crippen molar-refractivity contribution in [1.29, 1.82) is 0 Å². The standard InChI is InChI=1S/C8H4ClF3O/c9-5-1-4(2-6(10)3-5)7(13)8(11)12/h1-3,8H. The molecule has 0 amide bonds. The van der Waals surface area contributed by atoms with Crippen LogP contribution in [0.4, 0.5) is 13.2 Å². The van der Waals surface area contributed by atoms with Gasteiger partial charge in [0.1, 0.15) is 5.82 Å². The Morgan fingerprint density at radius 3 is 2.38 bits per heavy atom. The second kappa shape index (κ2) is 3.79. The first-order valence-corrected chi connectivity index (χ1v) is 3.67. The zero-order valence-electron chi connectivity index (χ0n) is 6.23. The third-order valence-electron chi connectivity index (χ3n) is 1.35. The van der Waals surface area contributed by atoms with Gasteiger partial charge in [-0.15, -0.1) is 0 Å². The van der Waals surface area contributed by atoms with Gasteiger partial charge in [0.2, 0.25) is 5.78 Å². The summed E-state index contributed by atoms with van der Waals surface area (Å²) in [5, 5.41) is -0.0796. The van der Waals surface area contributed by atoms with E-state index < -0.39 is 23.6 Å². The predicted octanol–water partition coefficient (Wildman–Crippen LogP) is 2.93. The molecule has 13 heavy (non-hydrogen) atoms. The van der Waals surface area contributed by atoms with Crippen molar-refractivity contribution in [3.8, 4) is 0 Å². The fourth-order valence-electron chi connectivity index (χ4n) is 0.822. The number of alkyl halides is 2.